The third-order valence-electron chi connectivity index (χ3n) is 3.52. The fourth-order valence-corrected chi connectivity index (χ4v) is 4.44. The minimum absolute atomic E-state index is 0.0759. The van der Waals surface area contributed by atoms with Crippen LogP contribution in [0.5, 0.6) is 0 Å². The molecule has 0 unspecified atom stereocenters. The van der Waals surface area contributed by atoms with Crippen LogP contribution >= 0.6 is 11.6 Å². The lowest BCUT2D eigenvalue weighted by Gasteiger charge is -2.24. The summed E-state index contributed by atoms with van der Waals surface area (Å²) in [7, 11) is -3.54. The maximum absolute atomic E-state index is 12.8. The molecular formula is C15H14ClNO2S. The Morgan fingerprint density at radius 3 is 2.45 bits per heavy atom. The van der Waals surface area contributed by atoms with Gasteiger partial charge >= 0.3 is 0 Å². The predicted molar refractivity (Wildman–Crippen MR) is 80.7 cm³/mol. The summed E-state index contributed by atoms with van der Waals surface area (Å²) in [6.45, 7) is 1.92. The van der Waals surface area contributed by atoms with E-state index in [1.165, 1.54) is 4.31 Å². The fourth-order valence-electron chi connectivity index (χ4n) is 2.62. The standard InChI is InChI=1S/C15H14ClNO2S/c1-11-10-12-4-2-3-5-15(12)17(11)20(18,19)14-8-6-13(16)7-9-14/h2-9,11H,10H2,1H3/t11-/m1/s1. The van der Waals surface area contributed by atoms with E-state index < -0.39 is 10.0 Å². The molecule has 0 saturated heterocycles. The largest absolute Gasteiger partial charge is 0.264 e. The van der Waals surface area contributed by atoms with Crippen LogP contribution in [0.3, 0.4) is 0 Å². The van der Waals surface area contributed by atoms with Crippen molar-refractivity contribution in [3.05, 3.63) is 59.1 Å². The van der Waals surface area contributed by atoms with Gasteiger partial charge in [0.05, 0.1) is 10.6 Å². The topological polar surface area (TPSA) is 37.4 Å². The molecule has 5 heteroatoms. The van der Waals surface area contributed by atoms with Crippen molar-refractivity contribution >= 4 is 27.3 Å². The van der Waals surface area contributed by atoms with Crippen molar-refractivity contribution in [2.24, 2.45) is 0 Å². The molecule has 1 atom stereocenters. The molecule has 3 nitrogen and oxygen atoms in total. The van der Waals surface area contributed by atoms with Crippen molar-refractivity contribution in [1.82, 2.24) is 0 Å². The highest BCUT2D eigenvalue weighted by molar-refractivity contribution is 7.92. The lowest BCUT2D eigenvalue weighted by atomic mass is 10.1. The summed E-state index contributed by atoms with van der Waals surface area (Å²) in [5.41, 5.74) is 1.84. The summed E-state index contributed by atoms with van der Waals surface area (Å²) in [5, 5.41) is 0.527. The van der Waals surface area contributed by atoms with Gasteiger partial charge in [0, 0.05) is 11.1 Å². The molecule has 0 spiro atoms. The lowest BCUT2D eigenvalue weighted by molar-refractivity contribution is 0.584. The van der Waals surface area contributed by atoms with Gasteiger partial charge in [-0.15, -0.1) is 0 Å². The van der Waals surface area contributed by atoms with E-state index in [0.29, 0.717) is 5.02 Å². The zero-order valence-electron chi connectivity index (χ0n) is 11.0. The van der Waals surface area contributed by atoms with Gasteiger partial charge in [-0.25, -0.2) is 8.42 Å². The Labute approximate surface area is 123 Å². The average molecular weight is 308 g/mol. The second-order valence-electron chi connectivity index (χ2n) is 4.94. The molecule has 0 aliphatic carbocycles. The maximum Gasteiger partial charge on any atom is 0.264 e. The minimum Gasteiger partial charge on any atom is -0.263 e. The van der Waals surface area contributed by atoms with Gasteiger partial charge in [0.1, 0.15) is 0 Å². The van der Waals surface area contributed by atoms with Gasteiger partial charge < -0.3 is 0 Å². The molecule has 0 amide bonds. The van der Waals surface area contributed by atoms with Gasteiger partial charge in [0.2, 0.25) is 0 Å². The van der Waals surface area contributed by atoms with E-state index in [1.807, 2.05) is 31.2 Å². The van der Waals surface area contributed by atoms with Crippen molar-refractivity contribution < 1.29 is 8.42 Å². The van der Waals surface area contributed by atoms with Crippen LogP contribution in [0.4, 0.5) is 5.69 Å². The molecule has 3 rings (SSSR count). The molecule has 2 aromatic carbocycles. The van der Waals surface area contributed by atoms with Crippen molar-refractivity contribution in [3.63, 3.8) is 0 Å². The molecule has 0 aromatic heterocycles. The molecule has 0 saturated carbocycles. The molecule has 0 fully saturated rings. The first-order valence-corrected chi connectivity index (χ1v) is 8.20. The zero-order valence-corrected chi connectivity index (χ0v) is 12.5. The molecule has 104 valence electrons. The third-order valence-corrected chi connectivity index (χ3v) is 5.71. The van der Waals surface area contributed by atoms with Gasteiger partial charge in [-0.1, -0.05) is 29.8 Å². The van der Waals surface area contributed by atoms with Crippen molar-refractivity contribution in [3.8, 4) is 0 Å². The summed E-state index contributed by atoms with van der Waals surface area (Å²) in [6, 6.07) is 13.8. The molecule has 1 aliphatic rings. The molecule has 2 aromatic rings. The van der Waals surface area contributed by atoms with E-state index in [4.69, 9.17) is 11.6 Å². The summed E-state index contributed by atoms with van der Waals surface area (Å²) in [5.74, 6) is 0. The average Bonchev–Trinajstić information content (AvgIpc) is 2.75. The van der Waals surface area contributed by atoms with Crippen LogP contribution in [0, 0.1) is 0 Å². The van der Waals surface area contributed by atoms with Gasteiger partial charge in [0.15, 0.2) is 0 Å². The number of sulfonamides is 1. The number of benzene rings is 2. The second kappa shape index (κ2) is 4.79. The first-order valence-electron chi connectivity index (χ1n) is 6.38. The van der Waals surface area contributed by atoms with Crippen LogP contribution in [-0.4, -0.2) is 14.5 Å². The number of nitrogens with zero attached hydrogens (tertiary/aromatic N) is 1. The summed E-state index contributed by atoms with van der Waals surface area (Å²) in [4.78, 5) is 0.269. The Kier molecular flexibility index (Phi) is 3.22. The highest BCUT2D eigenvalue weighted by Crippen LogP contribution is 2.36. The van der Waals surface area contributed by atoms with Gasteiger partial charge in [-0.2, -0.15) is 0 Å². The second-order valence-corrected chi connectivity index (χ2v) is 7.19. The van der Waals surface area contributed by atoms with E-state index in [1.54, 1.807) is 24.3 Å². The molecule has 1 aliphatic heterocycles. The first-order chi connectivity index (χ1) is 9.50. The van der Waals surface area contributed by atoms with Crippen molar-refractivity contribution in [2.45, 2.75) is 24.3 Å². The van der Waals surface area contributed by atoms with Crippen LogP contribution in [0.2, 0.25) is 5.02 Å². The van der Waals surface area contributed by atoms with E-state index in [9.17, 15) is 8.42 Å². The highest BCUT2D eigenvalue weighted by atomic mass is 35.5. The van der Waals surface area contributed by atoms with Crippen LogP contribution in [-0.2, 0) is 16.4 Å². The van der Waals surface area contributed by atoms with E-state index >= 15 is 0 Å². The van der Waals surface area contributed by atoms with Crippen LogP contribution in [0.25, 0.3) is 0 Å². The van der Waals surface area contributed by atoms with E-state index in [-0.39, 0.29) is 10.9 Å². The zero-order chi connectivity index (χ0) is 14.3. The summed E-state index contributed by atoms with van der Waals surface area (Å²) < 4.78 is 27.1. The van der Waals surface area contributed by atoms with Crippen LogP contribution < -0.4 is 4.31 Å². The van der Waals surface area contributed by atoms with Crippen LogP contribution in [0.15, 0.2) is 53.4 Å². The smallest absolute Gasteiger partial charge is 0.263 e. The van der Waals surface area contributed by atoms with Gasteiger partial charge in [0.25, 0.3) is 10.0 Å². The van der Waals surface area contributed by atoms with E-state index in [2.05, 4.69) is 0 Å². The summed E-state index contributed by atoms with van der Waals surface area (Å²) >= 11 is 5.82. The molecule has 1 heterocycles. The van der Waals surface area contributed by atoms with Crippen molar-refractivity contribution in [1.29, 1.82) is 0 Å². The van der Waals surface area contributed by atoms with Crippen molar-refractivity contribution in [2.75, 3.05) is 4.31 Å². The number of para-hydroxylation sites is 1. The Hall–Kier alpha value is -1.52. The van der Waals surface area contributed by atoms with Gasteiger partial charge in [-0.05, 0) is 49.2 Å². The molecule has 20 heavy (non-hydrogen) atoms. The SMILES string of the molecule is C[C@@H]1Cc2ccccc2N1S(=O)(=O)c1ccc(Cl)cc1. The highest BCUT2D eigenvalue weighted by Gasteiger charge is 2.35. The Bertz CT molecular complexity index is 741. The molecule has 0 N–H and O–H groups in total. The number of fused-ring (bicyclic) bond motifs is 1. The number of anilines is 1. The number of hydrogen-bond donors (Lipinski definition) is 0. The third kappa shape index (κ3) is 2.09. The maximum atomic E-state index is 12.8. The Morgan fingerprint density at radius 2 is 1.75 bits per heavy atom. The lowest BCUT2D eigenvalue weighted by Crippen LogP contribution is -2.35. The summed E-state index contributed by atoms with van der Waals surface area (Å²) in [6.07, 6.45) is 0.739. The number of rotatable bonds is 2. The van der Waals surface area contributed by atoms with E-state index in [0.717, 1.165) is 17.7 Å². The van der Waals surface area contributed by atoms with Gasteiger partial charge in [-0.3, -0.25) is 4.31 Å². The minimum atomic E-state index is -3.54. The monoisotopic (exact) mass is 307 g/mol. The number of halogens is 1. The molecular weight excluding hydrogens is 294 g/mol. The Balaban J connectivity index is 2.10. The predicted octanol–water partition coefficient (Wildman–Crippen LogP) is 3.48. The molecule has 0 radical (unpaired) electrons. The fraction of sp³-hybridized carbons (Fsp3) is 0.200. The number of hydrogen-bond acceptors (Lipinski definition) is 2. The quantitative estimate of drug-likeness (QED) is 0.852. The Morgan fingerprint density at radius 1 is 1.10 bits per heavy atom. The normalized spacial score (nSPS) is 18.1. The molecule has 0 bridgehead atoms. The first kappa shape index (κ1) is 13.5. The van der Waals surface area contributed by atoms with Crippen LogP contribution in [0.1, 0.15) is 12.5 Å².